The summed E-state index contributed by atoms with van der Waals surface area (Å²) in [5, 5.41) is 0. The van der Waals surface area contributed by atoms with E-state index in [1.807, 2.05) is 0 Å². The van der Waals surface area contributed by atoms with Crippen LogP contribution in [0.15, 0.2) is 6.07 Å². The molecular weight excluding hydrogens is 220 g/mol. The average molecular weight is 236 g/mol. The molecule has 1 fully saturated rings. The summed E-state index contributed by atoms with van der Waals surface area (Å²) in [5.74, 6) is 0.165. The van der Waals surface area contributed by atoms with Gasteiger partial charge in [0, 0.05) is 6.61 Å². The van der Waals surface area contributed by atoms with Crippen molar-refractivity contribution in [2.24, 2.45) is 0 Å². The van der Waals surface area contributed by atoms with Crippen LogP contribution in [0, 0.1) is 6.92 Å². The number of esters is 1. The summed E-state index contributed by atoms with van der Waals surface area (Å²) in [7, 11) is 0. The molecule has 17 heavy (non-hydrogen) atoms. The SMILES string of the molecule is CCOC(=O)c1cc(C2CCCO2)nc(C)n1. The van der Waals surface area contributed by atoms with Gasteiger partial charge in [0.15, 0.2) is 5.69 Å². The maximum absolute atomic E-state index is 11.6. The molecule has 2 heterocycles. The van der Waals surface area contributed by atoms with E-state index in [1.54, 1.807) is 19.9 Å². The molecule has 1 atom stereocenters. The van der Waals surface area contributed by atoms with Gasteiger partial charge in [0.05, 0.1) is 18.4 Å². The smallest absolute Gasteiger partial charge is 0.357 e. The van der Waals surface area contributed by atoms with Crippen molar-refractivity contribution in [3.63, 3.8) is 0 Å². The van der Waals surface area contributed by atoms with Crippen molar-refractivity contribution in [2.75, 3.05) is 13.2 Å². The number of aromatic nitrogens is 2. The van der Waals surface area contributed by atoms with E-state index in [2.05, 4.69) is 9.97 Å². The molecule has 5 nitrogen and oxygen atoms in total. The van der Waals surface area contributed by atoms with Crippen LogP contribution in [0.25, 0.3) is 0 Å². The molecule has 1 aliphatic heterocycles. The molecule has 0 spiro atoms. The maximum atomic E-state index is 11.6. The summed E-state index contributed by atoms with van der Waals surface area (Å²) < 4.78 is 10.5. The molecule has 1 aliphatic rings. The first-order valence-electron chi connectivity index (χ1n) is 5.85. The van der Waals surface area contributed by atoms with Gasteiger partial charge in [-0.15, -0.1) is 0 Å². The van der Waals surface area contributed by atoms with Gasteiger partial charge in [-0.2, -0.15) is 0 Å². The van der Waals surface area contributed by atoms with E-state index in [1.165, 1.54) is 0 Å². The molecule has 0 N–H and O–H groups in total. The highest BCUT2D eigenvalue weighted by atomic mass is 16.5. The van der Waals surface area contributed by atoms with E-state index in [4.69, 9.17) is 9.47 Å². The van der Waals surface area contributed by atoms with Gasteiger partial charge in [-0.25, -0.2) is 14.8 Å². The van der Waals surface area contributed by atoms with Crippen LogP contribution in [0.3, 0.4) is 0 Å². The van der Waals surface area contributed by atoms with Crippen molar-refractivity contribution in [2.45, 2.75) is 32.8 Å². The van der Waals surface area contributed by atoms with Gasteiger partial charge < -0.3 is 9.47 Å². The molecule has 0 bridgehead atoms. The monoisotopic (exact) mass is 236 g/mol. The first-order valence-corrected chi connectivity index (χ1v) is 5.85. The Kier molecular flexibility index (Phi) is 3.68. The predicted molar refractivity (Wildman–Crippen MR) is 60.7 cm³/mol. The summed E-state index contributed by atoms with van der Waals surface area (Å²) in [4.78, 5) is 20.0. The van der Waals surface area contributed by atoms with E-state index in [0.717, 1.165) is 25.1 Å². The van der Waals surface area contributed by atoms with Crippen LogP contribution in [0.1, 0.15) is 47.9 Å². The Hall–Kier alpha value is -1.49. The minimum atomic E-state index is -0.405. The van der Waals surface area contributed by atoms with Crippen LogP contribution in [0.2, 0.25) is 0 Å². The van der Waals surface area contributed by atoms with Crippen molar-refractivity contribution in [3.8, 4) is 0 Å². The Bertz CT molecular complexity index is 414. The largest absolute Gasteiger partial charge is 0.461 e. The third kappa shape index (κ3) is 2.79. The quantitative estimate of drug-likeness (QED) is 0.749. The molecule has 0 aromatic carbocycles. The third-order valence-corrected chi connectivity index (χ3v) is 2.60. The van der Waals surface area contributed by atoms with Crippen LogP contribution in [-0.4, -0.2) is 29.2 Å². The lowest BCUT2D eigenvalue weighted by atomic mass is 10.1. The molecule has 5 heteroatoms. The second-order valence-electron chi connectivity index (χ2n) is 3.95. The van der Waals surface area contributed by atoms with Gasteiger partial charge in [0.1, 0.15) is 5.82 Å². The molecule has 2 rings (SSSR count). The van der Waals surface area contributed by atoms with Crippen LogP contribution in [-0.2, 0) is 9.47 Å². The van der Waals surface area contributed by atoms with Gasteiger partial charge >= 0.3 is 5.97 Å². The van der Waals surface area contributed by atoms with Crippen LogP contribution in [0.4, 0.5) is 0 Å². The van der Waals surface area contributed by atoms with Crippen molar-refractivity contribution in [1.82, 2.24) is 9.97 Å². The summed E-state index contributed by atoms with van der Waals surface area (Å²) in [6.45, 7) is 4.63. The van der Waals surface area contributed by atoms with Gasteiger partial charge in [0.25, 0.3) is 0 Å². The number of carbonyl (C=O) groups is 1. The van der Waals surface area contributed by atoms with Crippen molar-refractivity contribution in [1.29, 1.82) is 0 Å². The number of hydrogen-bond acceptors (Lipinski definition) is 5. The van der Waals surface area contributed by atoms with Crippen LogP contribution < -0.4 is 0 Å². The minimum Gasteiger partial charge on any atom is -0.461 e. The number of aryl methyl sites for hydroxylation is 1. The van der Waals surface area contributed by atoms with Gasteiger partial charge in [-0.1, -0.05) is 0 Å². The Morgan fingerprint density at radius 1 is 1.59 bits per heavy atom. The number of rotatable bonds is 3. The summed E-state index contributed by atoms with van der Waals surface area (Å²) in [6.07, 6.45) is 1.96. The molecule has 1 aromatic rings. The second-order valence-corrected chi connectivity index (χ2v) is 3.95. The first kappa shape index (κ1) is 12.0. The zero-order valence-corrected chi connectivity index (χ0v) is 10.1. The van der Waals surface area contributed by atoms with E-state index >= 15 is 0 Å². The Balaban J connectivity index is 2.25. The highest BCUT2D eigenvalue weighted by molar-refractivity contribution is 5.87. The molecular formula is C12H16N2O3. The van der Waals surface area contributed by atoms with E-state index in [-0.39, 0.29) is 6.10 Å². The number of ether oxygens (including phenoxy) is 2. The second kappa shape index (κ2) is 5.23. The molecule has 1 unspecified atom stereocenters. The zero-order valence-electron chi connectivity index (χ0n) is 10.1. The maximum Gasteiger partial charge on any atom is 0.357 e. The standard InChI is InChI=1S/C12H16N2O3/c1-3-16-12(15)10-7-9(13-8(2)14-10)11-5-4-6-17-11/h7,11H,3-6H2,1-2H3. The topological polar surface area (TPSA) is 61.3 Å². The van der Waals surface area contributed by atoms with E-state index < -0.39 is 5.97 Å². The fourth-order valence-electron chi connectivity index (χ4n) is 1.88. The lowest BCUT2D eigenvalue weighted by Crippen LogP contribution is -2.11. The Labute approximate surface area is 100 Å². The fraction of sp³-hybridized carbons (Fsp3) is 0.583. The summed E-state index contributed by atoms with van der Waals surface area (Å²) in [6, 6.07) is 1.67. The Morgan fingerprint density at radius 3 is 3.06 bits per heavy atom. The van der Waals surface area contributed by atoms with Crippen molar-refractivity contribution < 1.29 is 14.3 Å². The normalized spacial score (nSPS) is 19.3. The molecule has 0 amide bonds. The molecule has 0 radical (unpaired) electrons. The molecule has 0 saturated carbocycles. The fourth-order valence-corrected chi connectivity index (χ4v) is 1.88. The summed E-state index contributed by atoms with van der Waals surface area (Å²) in [5.41, 5.74) is 1.09. The molecule has 1 aromatic heterocycles. The van der Waals surface area contributed by atoms with Gasteiger partial charge in [-0.3, -0.25) is 0 Å². The highest BCUT2D eigenvalue weighted by Crippen LogP contribution is 2.27. The highest BCUT2D eigenvalue weighted by Gasteiger charge is 2.21. The average Bonchev–Trinajstić information content (AvgIpc) is 2.82. The predicted octanol–water partition coefficient (Wildman–Crippen LogP) is 1.81. The van der Waals surface area contributed by atoms with Gasteiger partial charge in [0.2, 0.25) is 0 Å². The molecule has 0 aliphatic carbocycles. The van der Waals surface area contributed by atoms with Crippen molar-refractivity contribution in [3.05, 3.63) is 23.3 Å². The summed E-state index contributed by atoms with van der Waals surface area (Å²) >= 11 is 0. The van der Waals surface area contributed by atoms with Crippen LogP contribution >= 0.6 is 0 Å². The van der Waals surface area contributed by atoms with Crippen molar-refractivity contribution >= 4 is 5.97 Å². The van der Waals surface area contributed by atoms with Gasteiger partial charge in [-0.05, 0) is 32.8 Å². The molecule has 92 valence electrons. The van der Waals surface area contributed by atoms with Crippen LogP contribution in [0.5, 0.6) is 0 Å². The minimum absolute atomic E-state index is 0.00937. The third-order valence-electron chi connectivity index (χ3n) is 2.60. The Morgan fingerprint density at radius 2 is 2.41 bits per heavy atom. The number of carbonyl (C=O) groups excluding carboxylic acids is 1. The van der Waals surface area contributed by atoms with E-state index in [9.17, 15) is 4.79 Å². The number of hydrogen-bond donors (Lipinski definition) is 0. The number of nitrogens with zero attached hydrogens (tertiary/aromatic N) is 2. The zero-order chi connectivity index (χ0) is 12.3. The lowest BCUT2D eigenvalue weighted by Gasteiger charge is -2.10. The first-order chi connectivity index (χ1) is 8.20. The lowest BCUT2D eigenvalue weighted by molar-refractivity contribution is 0.0517. The van der Waals surface area contributed by atoms with E-state index in [0.29, 0.717) is 18.1 Å². The molecule has 1 saturated heterocycles.